The average Bonchev–Trinajstić information content (AvgIpc) is 2.39. The molecule has 3 N–H and O–H groups in total. The number of nitrogen functional groups attached to an aromatic ring is 1. The predicted molar refractivity (Wildman–Crippen MR) is 72.2 cm³/mol. The average molecular weight is 299 g/mol. The lowest BCUT2D eigenvalue weighted by molar-refractivity contribution is -0.137. The number of rotatable bonds is 4. The van der Waals surface area contributed by atoms with Crippen LogP contribution in [0, 0.1) is 5.82 Å². The van der Waals surface area contributed by atoms with Crippen molar-refractivity contribution in [3.8, 4) is 0 Å². The highest BCUT2D eigenvalue weighted by molar-refractivity contribution is 5.47. The van der Waals surface area contributed by atoms with Gasteiger partial charge in [0.05, 0.1) is 5.56 Å². The Morgan fingerprint density at radius 3 is 2.38 bits per heavy atom. The van der Waals surface area contributed by atoms with Crippen LogP contribution in [0.1, 0.15) is 11.1 Å². The van der Waals surface area contributed by atoms with Crippen LogP contribution in [-0.2, 0) is 12.6 Å². The van der Waals surface area contributed by atoms with Gasteiger partial charge >= 0.3 is 6.18 Å². The molecule has 0 unspecified atom stereocenters. The van der Waals surface area contributed by atoms with Crippen LogP contribution in [-0.4, -0.2) is 11.5 Å². The summed E-state index contributed by atoms with van der Waals surface area (Å²) in [6, 6.07) is 7.58. The topological polar surface area (TPSA) is 50.9 Å². The van der Waals surface area contributed by atoms with Crippen molar-refractivity contribution in [2.75, 3.05) is 17.6 Å². The molecular weight excluding hydrogens is 286 g/mol. The van der Waals surface area contributed by atoms with Crippen molar-refractivity contribution < 1.29 is 17.6 Å². The van der Waals surface area contributed by atoms with E-state index in [1.54, 1.807) is 12.1 Å². The molecule has 2 aromatic rings. The van der Waals surface area contributed by atoms with Gasteiger partial charge in [-0.25, -0.2) is 9.37 Å². The Morgan fingerprint density at radius 1 is 1.10 bits per heavy atom. The van der Waals surface area contributed by atoms with Gasteiger partial charge in [-0.05, 0) is 36.2 Å². The maximum absolute atomic E-state index is 12.7. The van der Waals surface area contributed by atoms with Crippen molar-refractivity contribution in [3.63, 3.8) is 0 Å². The molecule has 0 aliphatic rings. The van der Waals surface area contributed by atoms with E-state index in [0.29, 0.717) is 13.0 Å². The van der Waals surface area contributed by atoms with Crippen LogP contribution in [0.3, 0.4) is 0 Å². The van der Waals surface area contributed by atoms with Gasteiger partial charge < -0.3 is 11.1 Å². The summed E-state index contributed by atoms with van der Waals surface area (Å²) in [5, 5.41) is 2.78. The molecule has 0 radical (unpaired) electrons. The van der Waals surface area contributed by atoms with Gasteiger partial charge in [0, 0.05) is 6.54 Å². The first-order chi connectivity index (χ1) is 9.84. The second kappa shape index (κ2) is 5.99. The molecular formula is C14H13F4N3. The van der Waals surface area contributed by atoms with Gasteiger partial charge in [-0.1, -0.05) is 12.1 Å². The van der Waals surface area contributed by atoms with Gasteiger partial charge in [-0.15, -0.1) is 0 Å². The Hall–Kier alpha value is -2.31. The monoisotopic (exact) mass is 299 g/mol. The van der Waals surface area contributed by atoms with Crippen molar-refractivity contribution in [3.05, 3.63) is 53.3 Å². The molecule has 0 aliphatic carbocycles. The molecule has 7 heteroatoms. The molecule has 1 aromatic carbocycles. The standard InChI is InChI=1S/C14H13F4N3/c15-11-3-1-9(2-4-11)5-6-20-13-8-10(14(16,17)18)7-12(19)21-13/h1-4,7-8H,5-6H2,(H3,19,20,21). The zero-order chi connectivity index (χ0) is 15.5. The number of hydrogen-bond acceptors (Lipinski definition) is 3. The number of hydrogen-bond donors (Lipinski definition) is 2. The molecule has 0 fully saturated rings. The molecule has 0 saturated heterocycles. The molecule has 3 nitrogen and oxygen atoms in total. The largest absolute Gasteiger partial charge is 0.416 e. The van der Waals surface area contributed by atoms with Crippen molar-refractivity contribution >= 4 is 11.6 Å². The van der Waals surface area contributed by atoms with Crippen LogP contribution in [0.5, 0.6) is 0 Å². The number of nitrogens with zero attached hydrogens (tertiary/aromatic N) is 1. The Bertz CT molecular complexity index is 609. The maximum atomic E-state index is 12.7. The summed E-state index contributed by atoms with van der Waals surface area (Å²) >= 11 is 0. The zero-order valence-electron chi connectivity index (χ0n) is 10.9. The number of anilines is 2. The number of pyridine rings is 1. The fourth-order valence-electron chi connectivity index (χ4n) is 1.79. The first-order valence-electron chi connectivity index (χ1n) is 6.17. The van der Waals surface area contributed by atoms with E-state index in [9.17, 15) is 17.6 Å². The lowest BCUT2D eigenvalue weighted by Crippen LogP contribution is -2.11. The molecule has 2 rings (SSSR count). The Morgan fingerprint density at radius 2 is 1.76 bits per heavy atom. The summed E-state index contributed by atoms with van der Waals surface area (Å²) < 4.78 is 50.6. The van der Waals surface area contributed by atoms with Crippen molar-refractivity contribution in [1.29, 1.82) is 0 Å². The predicted octanol–water partition coefficient (Wildman–Crippen LogP) is 3.48. The highest BCUT2D eigenvalue weighted by atomic mass is 19.4. The third kappa shape index (κ3) is 4.34. The van der Waals surface area contributed by atoms with Gasteiger partial charge in [-0.3, -0.25) is 0 Å². The number of nitrogens with one attached hydrogen (secondary N) is 1. The number of halogens is 4. The molecule has 0 bridgehead atoms. The molecule has 1 aromatic heterocycles. The second-order valence-electron chi connectivity index (χ2n) is 4.47. The van der Waals surface area contributed by atoms with E-state index >= 15 is 0 Å². The summed E-state index contributed by atoms with van der Waals surface area (Å²) in [6.07, 6.45) is -3.94. The minimum absolute atomic E-state index is 0.0597. The van der Waals surface area contributed by atoms with E-state index in [2.05, 4.69) is 10.3 Å². The molecule has 0 aliphatic heterocycles. The van der Waals surface area contributed by atoms with Crippen LogP contribution in [0.4, 0.5) is 29.2 Å². The van der Waals surface area contributed by atoms with Gasteiger partial charge in [0.25, 0.3) is 0 Å². The summed E-state index contributed by atoms with van der Waals surface area (Å²) in [6.45, 7) is 0.360. The van der Waals surface area contributed by atoms with Gasteiger partial charge in [0.2, 0.25) is 0 Å². The highest BCUT2D eigenvalue weighted by Gasteiger charge is 2.31. The molecule has 0 spiro atoms. The second-order valence-corrected chi connectivity index (χ2v) is 4.47. The van der Waals surface area contributed by atoms with E-state index in [4.69, 9.17) is 5.73 Å². The van der Waals surface area contributed by atoms with E-state index in [1.807, 2.05) is 0 Å². The summed E-state index contributed by atoms with van der Waals surface area (Å²) in [5.74, 6) is -0.474. The number of aromatic nitrogens is 1. The van der Waals surface area contributed by atoms with Gasteiger partial charge in [0.15, 0.2) is 0 Å². The first-order valence-corrected chi connectivity index (χ1v) is 6.17. The Kier molecular flexibility index (Phi) is 4.30. The molecule has 0 amide bonds. The number of benzene rings is 1. The lowest BCUT2D eigenvalue weighted by atomic mass is 10.1. The first kappa shape index (κ1) is 15.1. The fraction of sp³-hybridized carbons (Fsp3) is 0.214. The third-order valence-electron chi connectivity index (χ3n) is 2.81. The normalized spacial score (nSPS) is 11.4. The maximum Gasteiger partial charge on any atom is 0.416 e. The minimum Gasteiger partial charge on any atom is -0.384 e. The van der Waals surface area contributed by atoms with Crippen LogP contribution < -0.4 is 11.1 Å². The molecule has 112 valence electrons. The van der Waals surface area contributed by atoms with Crippen LogP contribution in [0.2, 0.25) is 0 Å². The van der Waals surface area contributed by atoms with E-state index in [1.165, 1.54) is 12.1 Å². The third-order valence-corrected chi connectivity index (χ3v) is 2.81. The van der Waals surface area contributed by atoms with Crippen LogP contribution in [0.25, 0.3) is 0 Å². The Balaban J connectivity index is 2.00. The quantitative estimate of drug-likeness (QED) is 0.850. The lowest BCUT2D eigenvalue weighted by Gasteiger charge is -2.11. The van der Waals surface area contributed by atoms with Crippen LogP contribution in [0.15, 0.2) is 36.4 Å². The molecule has 0 atom stereocenters. The molecule has 21 heavy (non-hydrogen) atoms. The smallest absolute Gasteiger partial charge is 0.384 e. The van der Waals surface area contributed by atoms with E-state index in [-0.39, 0.29) is 17.5 Å². The van der Waals surface area contributed by atoms with Crippen molar-refractivity contribution in [2.24, 2.45) is 0 Å². The summed E-state index contributed by atoms with van der Waals surface area (Å²) in [5.41, 5.74) is 5.38. The van der Waals surface area contributed by atoms with E-state index in [0.717, 1.165) is 17.7 Å². The van der Waals surface area contributed by atoms with Crippen molar-refractivity contribution in [1.82, 2.24) is 4.98 Å². The Labute approximate surface area is 118 Å². The van der Waals surface area contributed by atoms with E-state index < -0.39 is 11.7 Å². The fourth-order valence-corrected chi connectivity index (χ4v) is 1.79. The number of alkyl halides is 3. The zero-order valence-corrected chi connectivity index (χ0v) is 10.9. The summed E-state index contributed by atoms with van der Waals surface area (Å²) in [4.78, 5) is 3.80. The molecule has 0 saturated carbocycles. The van der Waals surface area contributed by atoms with Gasteiger partial charge in [-0.2, -0.15) is 13.2 Å². The van der Waals surface area contributed by atoms with Crippen molar-refractivity contribution in [2.45, 2.75) is 12.6 Å². The summed E-state index contributed by atoms with van der Waals surface area (Å²) in [7, 11) is 0. The molecule has 1 heterocycles. The SMILES string of the molecule is Nc1cc(C(F)(F)F)cc(NCCc2ccc(F)cc2)n1. The van der Waals surface area contributed by atoms with Crippen LogP contribution >= 0.6 is 0 Å². The minimum atomic E-state index is -4.47. The van der Waals surface area contributed by atoms with Gasteiger partial charge in [0.1, 0.15) is 17.5 Å². The number of nitrogens with two attached hydrogens (primary N) is 1. The highest BCUT2D eigenvalue weighted by Crippen LogP contribution is 2.31.